The standard InChI is InChI=1S/C16H25NO3/c1-16(2,17-8-4-3-5-9-18)13-6-7-14-15(12-13)20-11-10-19-14/h6-7,12,17-18H,3-5,8-11H2,1-2H3. The molecule has 1 heterocycles. The zero-order valence-corrected chi connectivity index (χ0v) is 12.4. The molecule has 0 aromatic heterocycles. The summed E-state index contributed by atoms with van der Waals surface area (Å²) in [4.78, 5) is 0. The van der Waals surface area contributed by atoms with E-state index in [1.165, 1.54) is 5.56 Å². The fourth-order valence-corrected chi connectivity index (χ4v) is 2.35. The van der Waals surface area contributed by atoms with Gasteiger partial charge in [-0.1, -0.05) is 6.07 Å². The van der Waals surface area contributed by atoms with Crippen LogP contribution in [-0.2, 0) is 5.54 Å². The van der Waals surface area contributed by atoms with Crippen LogP contribution in [0.15, 0.2) is 18.2 Å². The van der Waals surface area contributed by atoms with Crippen molar-refractivity contribution < 1.29 is 14.6 Å². The second kappa shape index (κ2) is 6.95. The number of ether oxygens (including phenoxy) is 2. The average Bonchev–Trinajstić information content (AvgIpc) is 2.46. The molecule has 4 heteroatoms. The van der Waals surface area contributed by atoms with Crippen molar-refractivity contribution in [3.05, 3.63) is 23.8 Å². The normalized spacial score (nSPS) is 14.3. The van der Waals surface area contributed by atoms with Crippen LogP contribution in [-0.4, -0.2) is 31.5 Å². The predicted octanol–water partition coefficient (Wildman–Crippen LogP) is 2.45. The van der Waals surface area contributed by atoms with Gasteiger partial charge >= 0.3 is 0 Å². The van der Waals surface area contributed by atoms with E-state index in [4.69, 9.17) is 14.6 Å². The van der Waals surface area contributed by atoms with Crippen molar-refractivity contribution in [2.45, 2.75) is 38.6 Å². The molecule has 4 nitrogen and oxygen atoms in total. The SMILES string of the molecule is CC(C)(NCCCCCO)c1ccc2c(c1)OCCO2. The molecule has 0 spiro atoms. The van der Waals surface area contributed by atoms with Crippen molar-refractivity contribution in [1.82, 2.24) is 5.32 Å². The van der Waals surface area contributed by atoms with Crippen LogP contribution in [0.4, 0.5) is 0 Å². The van der Waals surface area contributed by atoms with Crippen LogP contribution in [0.1, 0.15) is 38.7 Å². The molecular weight excluding hydrogens is 254 g/mol. The predicted molar refractivity (Wildman–Crippen MR) is 79.4 cm³/mol. The van der Waals surface area contributed by atoms with Gasteiger partial charge in [-0.2, -0.15) is 0 Å². The maximum atomic E-state index is 8.77. The molecule has 0 aliphatic carbocycles. The first-order valence-electron chi connectivity index (χ1n) is 7.39. The molecule has 0 saturated heterocycles. The Hall–Kier alpha value is -1.26. The minimum Gasteiger partial charge on any atom is -0.486 e. The van der Waals surface area contributed by atoms with Crippen LogP contribution in [0, 0.1) is 0 Å². The van der Waals surface area contributed by atoms with Crippen molar-refractivity contribution in [2.75, 3.05) is 26.4 Å². The highest BCUT2D eigenvalue weighted by Gasteiger charge is 2.22. The summed E-state index contributed by atoms with van der Waals surface area (Å²) in [5.74, 6) is 1.67. The number of rotatable bonds is 7. The quantitative estimate of drug-likeness (QED) is 0.753. The van der Waals surface area contributed by atoms with E-state index < -0.39 is 0 Å². The van der Waals surface area contributed by atoms with Crippen molar-refractivity contribution in [3.8, 4) is 11.5 Å². The van der Waals surface area contributed by atoms with Gasteiger partial charge in [-0.25, -0.2) is 0 Å². The van der Waals surface area contributed by atoms with Gasteiger partial charge in [0.05, 0.1) is 0 Å². The summed E-state index contributed by atoms with van der Waals surface area (Å²) in [5.41, 5.74) is 1.10. The largest absolute Gasteiger partial charge is 0.486 e. The Morgan fingerprint density at radius 3 is 2.60 bits per heavy atom. The lowest BCUT2D eigenvalue weighted by Gasteiger charge is -2.29. The summed E-state index contributed by atoms with van der Waals surface area (Å²) in [7, 11) is 0. The van der Waals surface area contributed by atoms with E-state index in [2.05, 4.69) is 31.3 Å². The molecule has 20 heavy (non-hydrogen) atoms. The van der Waals surface area contributed by atoms with Crippen molar-refractivity contribution in [3.63, 3.8) is 0 Å². The van der Waals surface area contributed by atoms with E-state index in [-0.39, 0.29) is 12.1 Å². The molecule has 1 aromatic carbocycles. The summed E-state index contributed by atoms with van der Waals surface area (Å²) >= 11 is 0. The monoisotopic (exact) mass is 279 g/mol. The molecule has 1 aliphatic heterocycles. The zero-order valence-electron chi connectivity index (χ0n) is 12.4. The summed E-state index contributed by atoms with van der Waals surface area (Å²) in [5, 5.41) is 12.3. The summed E-state index contributed by atoms with van der Waals surface area (Å²) in [6.45, 7) is 6.81. The maximum absolute atomic E-state index is 8.77. The van der Waals surface area contributed by atoms with Crippen molar-refractivity contribution in [1.29, 1.82) is 0 Å². The number of hydrogen-bond acceptors (Lipinski definition) is 4. The number of unbranched alkanes of at least 4 members (excludes halogenated alkanes) is 2. The Morgan fingerprint density at radius 1 is 1.10 bits per heavy atom. The lowest BCUT2D eigenvalue weighted by atomic mass is 9.93. The Bertz CT molecular complexity index is 432. The molecule has 0 unspecified atom stereocenters. The fourth-order valence-electron chi connectivity index (χ4n) is 2.35. The third kappa shape index (κ3) is 3.87. The molecule has 0 saturated carbocycles. The van der Waals surface area contributed by atoms with Gasteiger partial charge in [0.2, 0.25) is 0 Å². The van der Waals surface area contributed by atoms with Gasteiger partial charge in [0, 0.05) is 12.1 Å². The first-order valence-corrected chi connectivity index (χ1v) is 7.39. The van der Waals surface area contributed by atoms with Crippen LogP contribution in [0.2, 0.25) is 0 Å². The lowest BCUT2D eigenvalue weighted by molar-refractivity contribution is 0.171. The molecule has 0 fully saturated rings. The summed E-state index contributed by atoms with van der Waals surface area (Å²) in [6.07, 6.45) is 3.02. The fraction of sp³-hybridized carbons (Fsp3) is 0.625. The Morgan fingerprint density at radius 2 is 1.85 bits per heavy atom. The summed E-state index contributed by atoms with van der Waals surface area (Å²) < 4.78 is 11.2. The van der Waals surface area contributed by atoms with Gasteiger partial charge < -0.3 is 19.9 Å². The van der Waals surface area contributed by atoms with E-state index in [0.717, 1.165) is 37.3 Å². The topological polar surface area (TPSA) is 50.7 Å². The molecule has 0 radical (unpaired) electrons. The van der Waals surface area contributed by atoms with E-state index >= 15 is 0 Å². The zero-order chi connectivity index (χ0) is 14.4. The second-order valence-corrected chi connectivity index (χ2v) is 5.69. The molecule has 0 atom stereocenters. The molecule has 2 N–H and O–H groups in total. The number of aliphatic hydroxyl groups is 1. The van der Waals surface area contributed by atoms with Gasteiger partial charge in [-0.3, -0.25) is 0 Å². The van der Waals surface area contributed by atoms with E-state index in [1.807, 2.05) is 6.07 Å². The Balaban J connectivity index is 1.94. The minimum atomic E-state index is -0.102. The van der Waals surface area contributed by atoms with Crippen molar-refractivity contribution >= 4 is 0 Å². The number of benzene rings is 1. The highest BCUT2D eigenvalue weighted by Crippen LogP contribution is 2.34. The first kappa shape index (κ1) is 15.1. The third-order valence-corrected chi connectivity index (χ3v) is 3.67. The van der Waals surface area contributed by atoms with E-state index in [9.17, 15) is 0 Å². The van der Waals surface area contributed by atoms with Crippen LogP contribution in [0.3, 0.4) is 0 Å². The van der Waals surface area contributed by atoms with E-state index in [0.29, 0.717) is 13.2 Å². The summed E-state index contributed by atoms with van der Waals surface area (Å²) in [6, 6.07) is 6.14. The average molecular weight is 279 g/mol. The molecule has 0 amide bonds. The Labute approximate surface area is 121 Å². The van der Waals surface area contributed by atoms with Crippen LogP contribution >= 0.6 is 0 Å². The molecule has 2 rings (SSSR count). The van der Waals surface area contributed by atoms with Gasteiger partial charge in [-0.05, 0) is 57.4 Å². The molecule has 112 valence electrons. The van der Waals surface area contributed by atoms with Crippen molar-refractivity contribution in [2.24, 2.45) is 0 Å². The van der Waals surface area contributed by atoms with E-state index in [1.54, 1.807) is 0 Å². The van der Waals surface area contributed by atoms with Gasteiger partial charge in [0.1, 0.15) is 13.2 Å². The van der Waals surface area contributed by atoms with Gasteiger partial charge in [0.15, 0.2) is 11.5 Å². The van der Waals surface area contributed by atoms with Crippen LogP contribution in [0.5, 0.6) is 11.5 Å². The van der Waals surface area contributed by atoms with Gasteiger partial charge in [0.25, 0.3) is 0 Å². The number of aliphatic hydroxyl groups excluding tert-OH is 1. The first-order chi connectivity index (χ1) is 9.63. The second-order valence-electron chi connectivity index (χ2n) is 5.69. The van der Waals surface area contributed by atoms with Crippen LogP contribution in [0.25, 0.3) is 0 Å². The maximum Gasteiger partial charge on any atom is 0.161 e. The lowest BCUT2D eigenvalue weighted by Crippen LogP contribution is -2.37. The highest BCUT2D eigenvalue weighted by atomic mass is 16.6. The molecule has 0 bridgehead atoms. The van der Waals surface area contributed by atoms with Gasteiger partial charge in [-0.15, -0.1) is 0 Å². The number of fused-ring (bicyclic) bond motifs is 1. The third-order valence-electron chi connectivity index (χ3n) is 3.67. The molecule has 1 aromatic rings. The minimum absolute atomic E-state index is 0.102. The smallest absolute Gasteiger partial charge is 0.161 e. The molecule has 1 aliphatic rings. The highest BCUT2D eigenvalue weighted by molar-refractivity contribution is 5.45. The Kier molecular flexibility index (Phi) is 5.26. The molecular formula is C16H25NO3. The number of hydrogen-bond donors (Lipinski definition) is 2. The number of nitrogens with one attached hydrogen (secondary N) is 1. The van der Waals surface area contributed by atoms with Crippen LogP contribution < -0.4 is 14.8 Å².